The van der Waals surface area contributed by atoms with Gasteiger partial charge in [-0.2, -0.15) is 0 Å². The van der Waals surface area contributed by atoms with Crippen LogP contribution >= 0.6 is 0 Å². The van der Waals surface area contributed by atoms with Crippen molar-refractivity contribution in [2.75, 3.05) is 6.61 Å². The van der Waals surface area contributed by atoms with Crippen molar-refractivity contribution in [3.05, 3.63) is 41.7 Å². The molecule has 2 aromatic rings. The van der Waals surface area contributed by atoms with Crippen molar-refractivity contribution in [3.63, 3.8) is 0 Å². The fourth-order valence-corrected chi connectivity index (χ4v) is 1.73. The zero-order chi connectivity index (χ0) is 13.0. The Bertz CT molecular complexity index is 523. The van der Waals surface area contributed by atoms with Crippen LogP contribution in [-0.2, 0) is 20.1 Å². The largest absolute Gasteiger partial charge is 0.491 e. The van der Waals surface area contributed by atoms with Gasteiger partial charge in [0.2, 0.25) is 0 Å². The number of imidazole rings is 1. The lowest BCUT2D eigenvalue weighted by Gasteiger charge is -2.10. The van der Waals surface area contributed by atoms with Gasteiger partial charge in [-0.25, -0.2) is 4.98 Å². The van der Waals surface area contributed by atoms with Gasteiger partial charge in [0, 0.05) is 31.6 Å². The lowest BCUT2D eigenvalue weighted by atomic mass is 10.3. The fourth-order valence-electron chi connectivity index (χ4n) is 1.73. The molecule has 0 spiro atoms. The molecule has 5 heteroatoms. The third kappa shape index (κ3) is 2.87. The minimum Gasteiger partial charge on any atom is -0.491 e. The highest BCUT2D eigenvalue weighted by Gasteiger charge is 2.06. The maximum absolute atomic E-state index is 9.21. The van der Waals surface area contributed by atoms with Crippen LogP contribution in [0.4, 0.5) is 0 Å². The van der Waals surface area contributed by atoms with E-state index in [4.69, 9.17) is 4.74 Å². The van der Waals surface area contributed by atoms with Gasteiger partial charge < -0.3 is 14.4 Å². The third-order valence-corrected chi connectivity index (χ3v) is 2.73. The number of aliphatic hydroxyl groups excluding tert-OH is 1. The van der Waals surface area contributed by atoms with Gasteiger partial charge in [0.15, 0.2) is 0 Å². The molecule has 5 nitrogen and oxygen atoms in total. The van der Waals surface area contributed by atoms with Gasteiger partial charge in [0.25, 0.3) is 0 Å². The highest BCUT2D eigenvalue weighted by Crippen LogP contribution is 2.17. The number of ether oxygens (including phenoxy) is 1. The van der Waals surface area contributed by atoms with Crippen LogP contribution in [-0.4, -0.2) is 26.2 Å². The van der Waals surface area contributed by atoms with Crippen molar-refractivity contribution in [1.29, 1.82) is 0 Å². The molecule has 2 aromatic heterocycles. The summed E-state index contributed by atoms with van der Waals surface area (Å²) in [6.07, 6.45) is 4.39. The Balaban J connectivity index is 1.96. The molecule has 0 atom stereocenters. The molecule has 0 unspecified atom stereocenters. The number of rotatable bonds is 5. The van der Waals surface area contributed by atoms with Gasteiger partial charge in [-0.1, -0.05) is 0 Å². The van der Waals surface area contributed by atoms with E-state index in [0.717, 1.165) is 17.9 Å². The van der Waals surface area contributed by atoms with Crippen molar-refractivity contribution in [1.82, 2.24) is 14.5 Å². The van der Waals surface area contributed by atoms with Crippen LogP contribution in [0.25, 0.3) is 0 Å². The van der Waals surface area contributed by atoms with Crippen molar-refractivity contribution < 1.29 is 9.84 Å². The molecule has 18 heavy (non-hydrogen) atoms. The number of aliphatic hydroxyl groups is 1. The summed E-state index contributed by atoms with van der Waals surface area (Å²) >= 11 is 0. The fraction of sp³-hybridized carbons (Fsp3) is 0.385. The quantitative estimate of drug-likeness (QED) is 0.863. The van der Waals surface area contributed by atoms with E-state index in [9.17, 15) is 5.11 Å². The number of aromatic nitrogens is 3. The van der Waals surface area contributed by atoms with Crippen LogP contribution < -0.4 is 4.74 Å². The van der Waals surface area contributed by atoms with Crippen LogP contribution in [0.5, 0.6) is 5.75 Å². The lowest BCUT2D eigenvalue weighted by molar-refractivity contribution is 0.257. The maximum atomic E-state index is 9.21. The van der Waals surface area contributed by atoms with Gasteiger partial charge in [-0.3, -0.25) is 4.98 Å². The van der Waals surface area contributed by atoms with Crippen molar-refractivity contribution in [2.45, 2.75) is 20.0 Å². The summed E-state index contributed by atoms with van der Waals surface area (Å²) in [6, 6.07) is 3.71. The summed E-state index contributed by atoms with van der Waals surface area (Å²) in [4.78, 5) is 8.45. The Hall–Kier alpha value is -1.88. The molecular weight excluding hydrogens is 230 g/mol. The smallest absolute Gasteiger partial charge is 0.143 e. The predicted molar refractivity (Wildman–Crippen MR) is 67.3 cm³/mol. The molecule has 0 aromatic carbocycles. The van der Waals surface area contributed by atoms with Gasteiger partial charge in [-0.15, -0.1) is 0 Å². The van der Waals surface area contributed by atoms with Gasteiger partial charge in [-0.05, 0) is 19.1 Å². The highest BCUT2D eigenvalue weighted by atomic mass is 16.5. The maximum Gasteiger partial charge on any atom is 0.143 e. The summed E-state index contributed by atoms with van der Waals surface area (Å²) in [7, 11) is 1.95. The zero-order valence-electron chi connectivity index (χ0n) is 10.6. The molecule has 0 fully saturated rings. The molecule has 0 radical (unpaired) electrons. The third-order valence-electron chi connectivity index (χ3n) is 2.73. The molecule has 0 saturated carbocycles. The van der Waals surface area contributed by atoms with Gasteiger partial charge >= 0.3 is 0 Å². The summed E-state index contributed by atoms with van der Waals surface area (Å²) in [5.41, 5.74) is 1.45. The minimum absolute atomic E-state index is 0.112. The summed E-state index contributed by atoms with van der Waals surface area (Å²) in [5, 5.41) is 9.21. The lowest BCUT2D eigenvalue weighted by Crippen LogP contribution is -2.08. The molecule has 0 amide bonds. The average Bonchev–Trinajstić information content (AvgIpc) is 2.77. The second kappa shape index (κ2) is 5.64. The Kier molecular flexibility index (Phi) is 3.94. The van der Waals surface area contributed by atoms with E-state index < -0.39 is 0 Å². The van der Waals surface area contributed by atoms with Crippen LogP contribution in [0.1, 0.15) is 17.2 Å². The standard InChI is InChI=1S/C13H17N3O2/c1-10-3-4-12(11(9-17)15-10)18-8-5-13-14-6-7-16(13)2/h3-4,6-7,17H,5,8-9H2,1-2H3. The van der Waals surface area contributed by atoms with E-state index in [2.05, 4.69) is 9.97 Å². The monoisotopic (exact) mass is 247 g/mol. The van der Waals surface area contributed by atoms with E-state index in [1.165, 1.54) is 0 Å². The summed E-state index contributed by atoms with van der Waals surface area (Å²) < 4.78 is 7.60. The summed E-state index contributed by atoms with van der Waals surface area (Å²) in [6.45, 7) is 2.29. The molecule has 2 rings (SSSR count). The Morgan fingerprint density at radius 3 is 2.89 bits per heavy atom. The van der Waals surface area contributed by atoms with E-state index in [-0.39, 0.29) is 6.61 Å². The number of hydrogen-bond donors (Lipinski definition) is 1. The number of pyridine rings is 1. The SMILES string of the molecule is Cc1ccc(OCCc2nccn2C)c(CO)n1. The first-order valence-electron chi connectivity index (χ1n) is 5.87. The van der Waals surface area contributed by atoms with Crippen LogP contribution in [0.2, 0.25) is 0 Å². The molecule has 1 N–H and O–H groups in total. The van der Waals surface area contributed by atoms with E-state index in [0.29, 0.717) is 18.1 Å². The van der Waals surface area contributed by atoms with Crippen LogP contribution in [0.3, 0.4) is 0 Å². The molecule has 96 valence electrons. The Labute approximate surface area is 106 Å². The van der Waals surface area contributed by atoms with Crippen LogP contribution in [0.15, 0.2) is 24.5 Å². The first-order valence-corrected chi connectivity index (χ1v) is 5.87. The molecule has 0 aliphatic carbocycles. The van der Waals surface area contributed by atoms with Crippen molar-refractivity contribution in [2.24, 2.45) is 7.05 Å². The topological polar surface area (TPSA) is 60.2 Å². The first-order chi connectivity index (χ1) is 8.70. The van der Waals surface area contributed by atoms with Crippen LogP contribution in [0, 0.1) is 6.92 Å². The number of hydrogen-bond acceptors (Lipinski definition) is 4. The predicted octanol–water partition coefficient (Wildman–Crippen LogP) is 1.24. The van der Waals surface area contributed by atoms with E-state index in [1.807, 2.05) is 36.9 Å². The highest BCUT2D eigenvalue weighted by molar-refractivity contribution is 5.28. The van der Waals surface area contributed by atoms with E-state index >= 15 is 0 Å². The number of aryl methyl sites for hydroxylation is 2. The second-order valence-electron chi connectivity index (χ2n) is 4.11. The van der Waals surface area contributed by atoms with Gasteiger partial charge in [0.1, 0.15) is 17.3 Å². The molecule has 0 saturated heterocycles. The second-order valence-corrected chi connectivity index (χ2v) is 4.11. The molecule has 0 bridgehead atoms. The zero-order valence-corrected chi connectivity index (χ0v) is 10.6. The summed E-state index contributed by atoms with van der Waals surface area (Å²) in [5.74, 6) is 1.61. The molecule has 0 aliphatic rings. The average molecular weight is 247 g/mol. The van der Waals surface area contributed by atoms with Gasteiger partial charge in [0.05, 0.1) is 13.2 Å². The van der Waals surface area contributed by atoms with Crippen molar-refractivity contribution in [3.8, 4) is 5.75 Å². The van der Waals surface area contributed by atoms with E-state index in [1.54, 1.807) is 6.20 Å². The number of nitrogens with zero attached hydrogens (tertiary/aromatic N) is 3. The molecule has 2 heterocycles. The molecule has 0 aliphatic heterocycles. The normalized spacial score (nSPS) is 10.6. The Morgan fingerprint density at radius 1 is 1.39 bits per heavy atom. The molecular formula is C13H17N3O2. The first kappa shape index (κ1) is 12.6. The van der Waals surface area contributed by atoms with Crippen molar-refractivity contribution >= 4 is 0 Å². The Morgan fingerprint density at radius 2 is 2.22 bits per heavy atom. The minimum atomic E-state index is -0.112.